The second-order valence-corrected chi connectivity index (χ2v) is 42.6. The third kappa shape index (κ3) is 14.8. The molecule has 24 heteroatoms. The van der Waals surface area contributed by atoms with Gasteiger partial charge in [0.1, 0.15) is 0 Å². The van der Waals surface area contributed by atoms with Gasteiger partial charge < -0.3 is 0 Å². The van der Waals surface area contributed by atoms with Gasteiger partial charge in [0.15, 0.2) is 0 Å². The molecule has 0 aromatic heterocycles. The minimum Gasteiger partial charge on any atom is -0.121 e. The van der Waals surface area contributed by atoms with Crippen LogP contribution >= 0.6 is 282 Å². The molecule has 0 aromatic rings. The summed E-state index contributed by atoms with van der Waals surface area (Å²) in [6, 6.07) is 0. The number of hydrogen-bond acceptors (Lipinski definition) is 24. The van der Waals surface area contributed by atoms with Crippen LogP contribution in [0.25, 0.3) is 0 Å². The minimum absolute atomic E-state index is 1.02. The fourth-order valence-electron chi connectivity index (χ4n) is 6.98. The Morgan fingerprint density at radius 1 is 0.243 bits per heavy atom. The van der Waals surface area contributed by atoms with Crippen LogP contribution in [0.1, 0.15) is 38.5 Å². The van der Waals surface area contributed by atoms with E-state index in [2.05, 4.69) is 110 Å². The summed E-state index contributed by atoms with van der Waals surface area (Å²) in [5.74, 6) is 0. The SMILES string of the molecule is CSC1=C(SC)SC(=C2C=CC(=C3SC(SCSC4=C(SC)S/C(=C5/C=CC(=C6SC(SC)=C(SC)S6)CC5)S4)=C(SCSC4=C(SC)S/C(=C5/C=CC(=C6SC(SC)=C(SC)S6)CC5)S4)S3)CC2)S1. The van der Waals surface area contributed by atoms with Crippen LogP contribution in [0.5, 0.6) is 0 Å². The number of hydrogen-bond donors (Lipinski definition) is 0. The number of allylic oxidation sites excluding steroid dienone is 12. The summed E-state index contributed by atoms with van der Waals surface area (Å²) in [6.45, 7) is 0. The van der Waals surface area contributed by atoms with Crippen molar-refractivity contribution < 1.29 is 0 Å². The molecule has 0 nitrogen and oxygen atoms in total. The highest BCUT2D eigenvalue weighted by atomic mass is 32.3. The molecular weight excluding hydrogens is 1320 g/mol. The van der Waals surface area contributed by atoms with E-state index < -0.39 is 0 Å². The Morgan fingerprint density at radius 2 is 0.386 bits per heavy atom. The van der Waals surface area contributed by atoms with E-state index in [1.54, 1.807) is 0 Å². The third-order valence-corrected chi connectivity index (χ3v) is 43.4. The first-order chi connectivity index (χ1) is 34.3. The maximum Gasteiger partial charge on any atom is 0.0668 e. The van der Waals surface area contributed by atoms with Crippen molar-refractivity contribution in [1.29, 1.82) is 0 Å². The Balaban J connectivity index is 0.859. The average molecular weight is 1370 g/mol. The molecule has 374 valence electrons. The Hall–Kier alpha value is 4.50. The van der Waals surface area contributed by atoms with Crippen molar-refractivity contribution in [1.82, 2.24) is 0 Å². The second-order valence-electron chi connectivity index (χ2n) is 14.5. The highest BCUT2D eigenvalue weighted by molar-refractivity contribution is 8.46. The van der Waals surface area contributed by atoms with Crippen molar-refractivity contribution in [3.8, 4) is 0 Å². The summed E-state index contributed by atoms with van der Waals surface area (Å²) < 4.78 is 26.5. The van der Waals surface area contributed by atoms with E-state index in [0.717, 1.165) is 48.7 Å². The fraction of sp³-hybridized carbons (Fsp3) is 0.348. The molecule has 3 aliphatic carbocycles. The summed E-state index contributed by atoms with van der Waals surface area (Å²) in [5.41, 5.74) is 9.04. The van der Waals surface area contributed by atoms with Gasteiger partial charge in [-0.15, -0.1) is 141 Å². The van der Waals surface area contributed by atoms with E-state index in [-0.39, 0.29) is 0 Å². The molecule has 0 aromatic carbocycles. The van der Waals surface area contributed by atoms with Gasteiger partial charge in [0.25, 0.3) is 0 Å². The molecule has 0 spiro atoms. The molecule has 6 heterocycles. The van der Waals surface area contributed by atoms with Gasteiger partial charge in [-0.05, 0) is 122 Å². The predicted molar refractivity (Wildman–Crippen MR) is 379 cm³/mol. The van der Waals surface area contributed by atoms with Crippen molar-refractivity contribution in [2.24, 2.45) is 0 Å². The van der Waals surface area contributed by atoms with E-state index in [4.69, 9.17) is 0 Å². The topological polar surface area (TPSA) is 0 Å². The molecule has 0 bridgehead atoms. The average Bonchev–Trinajstić information content (AvgIpc) is 4.28. The van der Waals surface area contributed by atoms with Crippen LogP contribution < -0.4 is 0 Å². The highest BCUT2D eigenvalue weighted by Gasteiger charge is 2.32. The van der Waals surface area contributed by atoms with Crippen LogP contribution in [0, 0.1) is 0 Å². The molecular formula is C46H46S24. The summed E-state index contributed by atoms with van der Waals surface area (Å²) in [4.78, 5) is 0. The van der Waals surface area contributed by atoms with Crippen molar-refractivity contribution >= 4 is 282 Å². The number of thioether (sulfide) groups is 24. The summed E-state index contributed by atoms with van der Waals surface area (Å²) in [5, 5.41) is 2.04. The first-order valence-corrected chi connectivity index (χ1v) is 44.7. The predicted octanol–water partition coefficient (Wildman–Crippen LogP) is 24.7. The molecule has 9 aliphatic rings. The number of rotatable bonds is 16. The van der Waals surface area contributed by atoms with E-state index in [9.17, 15) is 0 Å². The second kappa shape index (κ2) is 29.5. The maximum atomic E-state index is 2.44. The molecule has 70 heavy (non-hydrogen) atoms. The lowest BCUT2D eigenvalue weighted by atomic mass is 10.00. The Kier molecular flexibility index (Phi) is 24.9. The highest BCUT2D eigenvalue weighted by Crippen LogP contribution is 2.66. The molecule has 6 aliphatic heterocycles. The monoisotopic (exact) mass is 1370 g/mol. The Bertz CT molecular complexity index is 2440. The van der Waals surface area contributed by atoms with Gasteiger partial charge in [-0.25, -0.2) is 0 Å². The van der Waals surface area contributed by atoms with Gasteiger partial charge in [-0.1, -0.05) is 178 Å². The van der Waals surface area contributed by atoms with Gasteiger partial charge in [-0.2, -0.15) is 0 Å². The summed E-state index contributed by atoms with van der Waals surface area (Å²) in [6.07, 6.45) is 39.0. The van der Waals surface area contributed by atoms with Crippen LogP contribution in [-0.2, 0) is 0 Å². The van der Waals surface area contributed by atoms with Crippen molar-refractivity contribution in [3.05, 3.63) is 146 Å². The maximum absolute atomic E-state index is 2.44. The van der Waals surface area contributed by atoms with Gasteiger partial charge in [0.05, 0.1) is 76.3 Å². The quantitative estimate of drug-likeness (QED) is 0.135. The first-order valence-electron chi connectivity index (χ1n) is 21.1. The van der Waals surface area contributed by atoms with E-state index >= 15 is 0 Å². The lowest BCUT2D eigenvalue weighted by Crippen LogP contribution is -1.93. The first kappa shape index (κ1) is 59.1. The molecule has 0 atom stereocenters. The van der Waals surface area contributed by atoms with Crippen LogP contribution in [0.15, 0.2) is 146 Å². The standard InChI is InChI=1S/C46H46S24/c1-47-35-36(48-2)60-29(59-35)23-9-15-26(16-10-23)32-65-41(53-7)43(67-32)55-21-57-45-46(70-34(69-45)28-19-13-25(14-20-28)31-63-39(51-5)40(52-6)64-31)58-22-56-44-42(54-8)66-33(68-44)27-17-11-24(12-18-27)30-61-37(49-3)38(50-4)62-30/h9,11,13,15,17,19H,10,12,14,16,18,20-22H2,1-8H3/b32-26+,33-27+. The normalized spacial score (nSPS) is 24.7. The zero-order chi connectivity index (χ0) is 48.7. The molecule has 0 N–H and O–H groups in total. The molecule has 0 unspecified atom stereocenters. The molecule has 0 saturated heterocycles. The lowest BCUT2D eigenvalue weighted by Gasteiger charge is -2.15. The van der Waals surface area contributed by atoms with Gasteiger partial charge >= 0.3 is 0 Å². The lowest BCUT2D eigenvalue weighted by molar-refractivity contribution is 0.949. The Labute approximate surface area is 519 Å². The van der Waals surface area contributed by atoms with Crippen LogP contribution in [-0.4, -0.2) is 60.2 Å². The third-order valence-electron chi connectivity index (χ3n) is 10.5. The molecule has 0 fully saturated rings. The van der Waals surface area contributed by atoms with Crippen molar-refractivity contribution in [3.63, 3.8) is 0 Å². The van der Waals surface area contributed by atoms with E-state index in [0.29, 0.717) is 0 Å². The van der Waals surface area contributed by atoms with Crippen LogP contribution in [0.2, 0.25) is 0 Å². The van der Waals surface area contributed by atoms with Gasteiger partial charge in [0.2, 0.25) is 0 Å². The van der Waals surface area contributed by atoms with Crippen LogP contribution in [0.4, 0.5) is 0 Å². The molecule has 0 saturated carbocycles. The minimum atomic E-state index is 1.02. The summed E-state index contributed by atoms with van der Waals surface area (Å²) in [7, 11) is 0. The molecule has 0 radical (unpaired) electrons. The van der Waals surface area contributed by atoms with Crippen molar-refractivity contribution in [2.45, 2.75) is 38.5 Å². The largest absolute Gasteiger partial charge is 0.121 e. The fourth-order valence-corrected chi connectivity index (χ4v) is 40.3. The van der Waals surface area contributed by atoms with E-state index in [1.807, 2.05) is 259 Å². The molecule has 0 amide bonds. The van der Waals surface area contributed by atoms with Crippen LogP contribution in [0.3, 0.4) is 0 Å². The van der Waals surface area contributed by atoms with Gasteiger partial charge in [-0.3, -0.25) is 0 Å². The summed E-state index contributed by atoms with van der Waals surface area (Å²) >= 11 is 47.4. The Morgan fingerprint density at radius 3 is 0.543 bits per heavy atom. The van der Waals surface area contributed by atoms with Gasteiger partial charge in [0, 0.05) is 10.2 Å². The molecule has 9 rings (SSSR count). The van der Waals surface area contributed by atoms with E-state index in [1.165, 1.54) is 110 Å². The zero-order valence-electron chi connectivity index (χ0n) is 38.9. The van der Waals surface area contributed by atoms with Crippen molar-refractivity contribution in [2.75, 3.05) is 60.2 Å². The smallest absolute Gasteiger partial charge is 0.0668 e. The zero-order valence-corrected chi connectivity index (χ0v) is 58.5.